The van der Waals surface area contributed by atoms with Crippen molar-refractivity contribution < 1.29 is 18.8 Å². The first-order valence-electron chi connectivity index (χ1n) is 16.9. The Kier molecular flexibility index (Phi) is 8.11. The summed E-state index contributed by atoms with van der Waals surface area (Å²) in [5, 5.41) is 0. The van der Waals surface area contributed by atoms with E-state index in [-0.39, 0.29) is 0 Å². The molecule has 0 bridgehead atoms. The third-order valence-corrected chi connectivity index (χ3v) is 11.0. The summed E-state index contributed by atoms with van der Waals surface area (Å²) in [4.78, 5) is 0. The van der Waals surface area contributed by atoms with Gasteiger partial charge in [0.25, 0.3) is 0 Å². The summed E-state index contributed by atoms with van der Waals surface area (Å²) in [5.74, 6) is 2.17. The quantitative estimate of drug-likeness (QED) is 0.139. The van der Waals surface area contributed by atoms with E-state index in [1.54, 1.807) is 14.2 Å². The average Bonchev–Trinajstić information content (AvgIpc) is 4.08. The minimum atomic E-state index is -0.980. The molecule has 5 aromatic rings. The molecule has 2 aliphatic carbocycles. The van der Waals surface area contributed by atoms with Crippen LogP contribution in [0, 0.1) is 11.8 Å². The molecule has 3 aliphatic rings. The van der Waals surface area contributed by atoms with E-state index in [1.807, 2.05) is 24.3 Å². The van der Waals surface area contributed by atoms with Crippen LogP contribution < -0.4 is 0 Å². The number of rotatable bonds is 11. The van der Waals surface area contributed by atoms with Gasteiger partial charge in [0.05, 0.1) is 0 Å². The molecule has 5 heteroatoms. The molecule has 0 aromatic heterocycles. The zero-order valence-electron chi connectivity index (χ0n) is 27.0. The molecular formula is C42H41BO4. The molecule has 236 valence electrons. The Morgan fingerprint density at radius 2 is 0.851 bits per heavy atom. The predicted molar refractivity (Wildman–Crippen MR) is 186 cm³/mol. The van der Waals surface area contributed by atoms with Crippen LogP contribution in [-0.2, 0) is 30.0 Å². The molecule has 2 saturated carbocycles. The molecule has 1 aliphatic heterocycles. The topological polar surface area (TPSA) is 36.9 Å². The molecule has 0 radical (unpaired) electrons. The molecule has 4 nitrogen and oxygen atoms in total. The number of benzene rings is 5. The summed E-state index contributed by atoms with van der Waals surface area (Å²) in [6.07, 6.45) is 1.24. The second-order valence-electron chi connectivity index (χ2n) is 13.3. The molecular weight excluding hydrogens is 579 g/mol. The number of ether oxygens (including phenoxy) is 2. The lowest BCUT2D eigenvalue weighted by Crippen LogP contribution is -2.56. The molecule has 1 saturated heterocycles. The van der Waals surface area contributed by atoms with Crippen LogP contribution in [0.5, 0.6) is 0 Å². The monoisotopic (exact) mass is 620 g/mol. The van der Waals surface area contributed by atoms with Gasteiger partial charge in [-0.2, -0.15) is 0 Å². The molecule has 1 heterocycles. The van der Waals surface area contributed by atoms with Gasteiger partial charge in [0, 0.05) is 14.2 Å². The lowest BCUT2D eigenvalue weighted by Gasteiger charge is -2.47. The van der Waals surface area contributed by atoms with E-state index in [1.165, 1.54) is 12.0 Å². The summed E-state index contributed by atoms with van der Waals surface area (Å²) < 4.78 is 28.2. The molecule has 47 heavy (non-hydrogen) atoms. The van der Waals surface area contributed by atoms with Crippen LogP contribution in [0.3, 0.4) is 0 Å². The molecule has 0 amide bonds. The second-order valence-corrected chi connectivity index (χ2v) is 13.3. The summed E-state index contributed by atoms with van der Waals surface area (Å²) in [6, 6.07) is 52.8. The maximum absolute atomic E-state index is 7.34. The zero-order valence-corrected chi connectivity index (χ0v) is 27.0. The van der Waals surface area contributed by atoms with E-state index >= 15 is 0 Å². The van der Waals surface area contributed by atoms with Gasteiger partial charge >= 0.3 is 7.12 Å². The van der Waals surface area contributed by atoms with Crippen molar-refractivity contribution in [3.63, 3.8) is 0 Å². The van der Waals surface area contributed by atoms with Gasteiger partial charge < -0.3 is 18.8 Å². The van der Waals surface area contributed by atoms with Gasteiger partial charge in [-0.05, 0) is 64.2 Å². The normalized spacial score (nSPS) is 25.4. The van der Waals surface area contributed by atoms with Crippen molar-refractivity contribution in [2.45, 2.75) is 48.0 Å². The van der Waals surface area contributed by atoms with Gasteiger partial charge in [-0.25, -0.2) is 0 Å². The van der Waals surface area contributed by atoms with E-state index in [2.05, 4.69) is 127 Å². The number of hydrogen-bond donors (Lipinski definition) is 0. The minimum Gasteiger partial charge on any atom is -0.402 e. The summed E-state index contributed by atoms with van der Waals surface area (Å²) in [6.45, 7) is 0. The molecule has 8 rings (SSSR count). The second kappa shape index (κ2) is 12.6. The fourth-order valence-electron chi connectivity index (χ4n) is 8.53. The highest BCUT2D eigenvalue weighted by Crippen LogP contribution is 2.67. The fourth-order valence-corrected chi connectivity index (χ4v) is 8.53. The Bertz CT molecular complexity index is 1570. The first-order chi connectivity index (χ1) is 23.2. The van der Waals surface area contributed by atoms with Crippen LogP contribution >= 0.6 is 0 Å². The van der Waals surface area contributed by atoms with Crippen molar-refractivity contribution in [2.24, 2.45) is 11.8 Å². The van der Waals surface area contributed by atoms with E-state index in [0.29, 0.717) is 23.6 Å². The van der Waals surface area contributed by atoms with Crippen molar-refractivity contribution in [3.05, 3.63) is 179 Å². The molecule has 0 N–H and O–H groups in total. The Balaban J connectivity index is 1.26. The lowest BCUT2D eigenvalue weighted by molar-refractivity contribution is -0.136. The molecule has 6 atom stereocenters. The van der Waals surface area contributed by atoms with Crippen LogP contribution in [0.2, 0.25) is 5.82 Å². The maximum Gasteiger partial charge on any atom is 0.461 e. The zero-order chi connectivity index (χ0) is 31.8. The summed E-state index contributed by atoms with van der Waals surface area (Å²) in [7, 11) is 3.19. The highest BCUT2D eigenvalue weighted by atomic mass is 16.7. The van der Waals surface area contributed by atoms with E-state index < -0.39 is 30.5 Å². The molecule has 5 aromatic carbocycles. The largest absolute Gasteiger partial charge is 0.461 e. The highest BCUT2D eigenvalue weighted by molar-refractivity contribution is 6.48. The van der Waals surface area contributed by atoms with Crippen molar-refractivity contribution in [2.75, 3.05) is 14.2 Å². The van der Waals surface area contributed by atoms with Crippen LogP contribution in [0.25, 0.3) is 0 Å². The van der Waals surface area contributed by atoms with Crippen LogP contribution in [0.15, 0.2) is 152 Å². The van der Waals surface area contributed by atoms with Crippen LogP contribution in [-0.4, -0.2) is 33.5 Å². The first kappa shape index (κ1) is 30.3. The van der Waals surface area contributed by atoms with Crippen molar-refractivity contribution in [1.29, 1.82) is 0 Å². The number of hydrogen-bond acceptors (Lipinski definition) is 4. The smallest absolute Gasteiger partial charge is 0.402 e. The standard InChI is InChI=1S/C42H41BO4/c1-44-41(31-20-10-4-11-21-31,32-22-12-5-13-23-32)39-40(42(45-2,33-24-14-6-15-25-33)34-26-16-7-17-27-34)47-43(46-39)38-29-37(38)36-28-35(36)30-18-8-3-9-19-30/h3-27,35-40H,28-29H2,1-2H3/t35-,36-,37-,38-,39+,40+/m0/s1. The van der Waals surface area contributed by atoms with E-state index in [4.69, 9.17) is 18.8 Å². The Labute approximate surface area is 278 Å². The Morgan fingerprint density at radius 3 is 1.21 bits per heavy atom. The Hall–Kier alpha value is -4.00. The lowest BCUT2D eigenvalue weighted by atomic mass is 9.71. The third kappa shape index (κ3) is 5.17. The van der Waals surface area contributed by atoms with Gasteiger partial charge in [0.15, 0.2) is 0 Å². The van der Waals surface area contributed by atoms with Crippen LogP contribution in [0.1, 0.15) is 46.6 Å². The van der Waals surface area contributed by atoms with E-state index in [0.717, 1.165) is 28.7 Å². The van der Waals surface area contributed by atoms with Gasteiger partial charge in [0.2, 0.25) is 0 Å². The number of methoxy groups -OCH3 is 2. The van der Waals surface area contributed by atoms with Gasteiger partial charge in [0.1, 0.15) is 23.4 Å². The fraction of sp³-hybridized carbons (Fsp3) is 0.286. The van der Waals surface area contributed by atoms with Crippen molar-refractivity contribution >= 4 is 7.12 Å². The molecule has 0 unspecified atom stereocenters. The third-order valence-electron chi connectivity index (χ3n) is 11.0. The Morgan fingerprint density at radius 1 is 0.489 bits per heavy atom. The predicted octanol–water partition coefficient (Wildman–Crippen LogP) is 8.63. The summed E-state index contributed by atoms with van der Waals surface area (Å²) >= 11 is 0. The summed E-state index contributed by atoms with van der Waals surface area (Å²) in [5.41, 5.74) is 3.54. The van der Waals surface area contributed by atoms with Crippen molar-refractivity contribution in [1.82, 2.24) is 0 Å². The first-order valence-corrected chi connectivity index (χ1v) is 16.9. The maximum atomic E-state index is 7.34. The average molecular weight is 621 g/mol. The highest BCUT2D eigenvalue weighted by Gasteiger charge is 2.67. The van der Waals surface area contributed by atoms with Gasteiger partial charge in [-0.3, -0.25) is 0 Å². The van der Waals surface area contributed by atoms with Crippen molar-refractivity contribution in [3.8, 4) is 0 Å². The van der Waals surface area contributed by atoms with E-state index in [9.17, 15) is 0 Å². The van der Waals surface area contributed by atoms with Gasteiger partial charge in [-0.15, -0.1) is 0 Å². The minimum absolute atomic E-state index is 0.309. The van der Waals surface area contributed by atoms with Crippen LogP contribution in [0.4, 0.5) is 0 Å². The molecule has 3 fully saturated rings. The molecule has 0 spiro atoms. The van der Waals surface area contributed by atoms with Gasteiger partial charge in [-0.1, -0.05) is 152 Å². The SMILES string of the molecule is COC(c1ccccc1)(c1ccccc1)[C@@H]1OB([C@H]2C[C@H]2[C@H]2C[C@H]2c2ccccc2)O[C@H]1C(OC)(c1ccccc1)c1ccccc1.